The zero-order chi connectivity index (χ0) is 26.7. The number of aromatic amines is 1. The molecule has 0 atom stereocenters. The first-order chi connectivity index (χ1) is 19.0. The third-order valence-electron chi connectivity index (χ3n) is 7.75. The maximum absolute atomic E-state index is 13.1. The molecule has 2 N–H and O–H groups in total. The number of carbonyl (C=O) groups excluding carboxylic acids is 1. The molecule has 0 spiro atoms. The van der Waals surface area contributed by atoms with Crippen LogP contribution in [0.3, 0.4) is 0 Å². The summed E-state index contributed by atoms with van der Waals surface area (Å²) in [4.78, 5) is 32.2. The first kappa shape index (κ1) is 23.4. The third kappa shape index (κ3) is 3.91. The molecule has 3 aliphatic rings. The van der Waals surface area contributed by atoms with Crippen molar-refractivity contribution in [1.29, 1.82) is 0 Å². The summed E-state index contributed by atoms with van der Waals surface area (Å²) < 4.78 is 1.98. The Morgan fingerprint density at radius 2 is 1.74 bits per heavy atom. The van der Waals surface area contributed by atoms with E-state index in [2.05, 4.69) is 48.4 Å². The number of aromatic nitrogens is 4. The van der Waals surface area contributed by atoms with Crippen molar-refractivity contribution in [2.24, 2.45) is 0 Å². The van der Waals surface area contributed by atoms with Crippen LogP contribution in [0.4, 0.5) is 22.9 Å². The molecular formula is C29H28N8O2. The van der Waals surface area contributed by atoms with Crippen molar-refractivity contribution in [1.82, 2.24) is 24.9 Å². The molecular weight excluding hydrogens is 492 g/mol. The number of Topliss-reactive ketones (excluding diaryl/α,β-unsaturated/α-hetero) is 1. The van der Waals surface area contributed by atoms with Gasteiger partial charge in [0.1, 0.15) is 11.4 Å². The fourth-order valence-corrected chi connectivity index (χ4v) is 5.72. The Kier molecular flexibility index (Phi) is 5.38. The zero-order valence-electron chi connectivity index (χ0n) is 21.8. The normalized spacial score (nSPS) is 16.6. The minimum Gasteiger partial charge on any atom is -0.344 e. The number of allylic oxidation sites excluding steroid dienone is 1. The van der Waals surface area contributed by atoms with Gasteiger partial charge in [0.2, 0.25) is 5.78 Å². The summed E-state index contributed by atoms with van der Waals surface area (Å²) in [5, 5.41) is 14.8. The number of benzene rings is 2. The Balaban J connectivity index is 1.19. The quantitative estimate of drug-likeness (QED) is 0.422. The summed E-state index contributed by atoms with van der Waals surface area (Å²) in [5.41, 5.74) is 7.16. The highest BCUT2D eigenvalue weighted by molar-refractivity contribution is 6.19. The van der Waals surface area contributed by atoms with E-state index in [1.165, 1.54) is 0 Å². The lowest BCUT2D eigenvalue weighted by molar-refractivity contribution is 0.103. The summed E-state index contributed by atoms with van der Waals surface area (Å²) in [5.74, 6) is 0.690. The number of rotatable bonds is 4. The largest absolute Gasteiger partial charge is 0.344 e. The van der Waals surface area contributed by atoms with Gasteiger partial charge in [-0.15, -0.1) is 0 Å². The Bertz CT molecular complexity index is 1720. The highest BCUT2D eigenvalue weighted by atomic mass is 16.1. The van der Waals surface area contributed by atoms with E-state index < -0.39 is 0 Å². The van der Waals surface area contributed by atoms with Crippen LogP contribution in [0.1, 0.15) is 21.6 Å². The average molecular weight is 521 g/mol. The number of H-pyrrole nitrogens is 1. The van der Waals surface area contributed by atoms with E-state index in [0.29, 0.717) is 29.4 Å². The summed E-state index contributed by atoms with van der Waals surface area (Å²) in [6.07, 6.45) is 1.95. The van der Waals surface area contributed by atoms with Gasteiger partial charge in [-0.25, -0.2) is 5.10 Å². The lowest BCUT2D eigenvalue weighted by atomic mass is 10.0. The predicted molar refractivity (Wildman–Crippen MR) is 150 cm³/mol. The Labute approximate surface area is 225 Å². The van der Waals surface area contributed by atoms with E-state index in [0.717, 1.165) is 59.9 Å². The van der Waals surface area contributed by atoms with Gasteiger partial charge < -0.3 is 15.1 Å². The topological polar surface area (TPSA) is 102 Å². The van der Waals surface area contributed by atoms with Gasteiger partial charge in [0.05, 0.1) is 23.6 Å². The number of hydrogen-bond acceptors (Lipinski definition) is 8. The molecule has 5 heterocycles. The van der Waals surface area contributed by atoms with Crippen molar-refractivity contribution >= 4 is 28.7 Å². The van der Waals surface area contributed by atoms with Crippen molar-refractivity contribution in [2.45, 2.75) is 20.0 Å². The Hall–Kier alpha value is -4.70. The van der Waals surface area contributed by atoms with E-state index in [9.17, 15) is 9.59 Å². The second kappa shape index (κ2) is 8.95. The fraction of sp³-hybridized carbons (Fsp3) is 0.241. The molecule has 0 fully saturated rings. The molecule has 0 aliphatic carbocycles. The van der Waals surface area contributed by atoms with Crippen molar-refractivity contribution in [2.75, 3.05) is 41.8 Å². The van der Waals surface area contributed by atoms with Crippen molar-refractivity contribution in [3.63, 3.8) is 0 Å². The van der Waals surface area contributed by atoms with Gasteiger partial charge in [-0.2, -0.15) is 10.2 Å². The molecule has 4 aromatic rings. The number of carbonyl (C=O) groups is 1. The van der Waals surface area contributed by atoms with E-state index in [1.54, 1.807) is 6.07 Å². The van der Waals surface area contributed by atoms with Gasteiger partial charge in [-0.1, -0.05) is 24.3 Å². The molecule has 2 aromatic heterocycles. The number of nitrogens with zero attached hydrogens (tertiary/aromatic N) is 6. The van der Waals surface area contributed by atoms with E-state index >= 15 is 0 Å². The molecule has 2 aromatic carbocycles. The van der Waals surface area contributed by atoms with Crippen LogP contribution in [0.25, 0.3) is 11.3 Å². The number of anilines is 4. The first-order valence-corrected chi connectivity index (χ1v) is 13.1. The fourth-order valence-electron chi connectivity index (χ4n) is 5.72. The zero-order valence-corrected chi connectivity index (χ0v) is 21.8. The van der Waals surface area contributed by atoms with Crippen molar-refractivity contribution in [3.8, 4) is 11.3 Å². The van der Waals surface area contributed by atoms with Gasteiger partial charge in [-0.3, -0.25) is 19.2 Å². The molecule has 0 saturated carbocycles. The summed E-state index contributed by atoms with van der Waals surface area (Å²) >= 11 is 0. The Morgan fingerprint density at radius 3 is 2.64 bits per heavy atom. The lowest BCUT2D eigenvalue weighted by Gasteiger charge is -2.33. The standard InChI is InChI=1S/C29H28N8O2/c1-18-20(22-15-23(29(39)32-31-22)30-27-14-19-16-34(2)10-13-37(19)33-27)7-5-9-24(18)35-11-12-36-25-8-4-3-6-21(25)28(38)26(36)17-35/h3-9,14-15,17H,10-13,16H2,1-2H3,(H,32,39)(H,30,31,33). The van der Waals surface area contributed by atoms with Gasteiger partial charge >= 0.3 is 0 Å². The highest BCUT2D eigenvalue weighted by Crippen LogP contribution is 2.38. The molecule has 0 unspecified atom stereocenters. The van der Waals surface area contributed by atoms with E-state index in [4.69, 9.17) is 0 Å². The van der Waals surface area contributed by atoms with Crippen molar-refractivity contribution in [3.05, 3.63) is 93.7 Å². The molecule has 10 heteroatoms. The predicted octanol–water partition coefficient (Wildman–Crippen LogP) is 3.50. The highest BCUT2D eigenvalue weighted by Gasteiger charge is 2.35. The first-order valence-electron chi connectivity index (χ1n) is 13.1. The SMILES string of the molecule is Cc1c(-c2cc(Nc3cc4n(n3)CCN(C)C4)c(=O)[nH]n2)cccc1N1C=C2C(=O)c3ccccc3N2CC1. The number of hydrogen-bond donors (Lipinski definition) is 2. The van der Waals surface area contributed by atoms with Crippen LogP contribution in [-0.4, -0.2) is 57.3 Å². The van der Waals surface area contributed by atoms with E-state index in [1.807, 2.05) is 60.3 Å². The second-order valence-corrected chi connectivity index (χ2v) is 10.3. The maximum Gasteiger partial charge on any atom is 0.287 e. The maximum atomic E-state index is 13.1. The van der Waals surface area contributed by atoms with Gasteiger partial charge in [0.15, 0.2) is 5.82 Å². The molecule has 0 saturated heterocycles. The third-order valence-corrected chi connectivity index (χ3v) is 7.75. The second-order valence-electron chi connectivity index (χ2n) is 10.3. The summed E-state index contributed by atoms with van der Waals surface area (Å²) in [6.45, 7) is 6.08. The van der Waals surface area contributed by atoms with E-state index in [-0.39, 0.29) is 11.3 Å². The number of nitrogens with one attached hydrogen (secondary N) is 2. The molecule has 39 heavy (non-hydrogen) atoms. The van der Waals surface area contributed by atoms with Crippen LogP contribution < -0.4 is 20.7 Å². The van der Waals surface area contributed by atoms with Crippen LogP contribution in [0.5, 0.6) is 0 Å². The monoisotopic (exact) mass is 520 g/mol. The number of likely N-dealkylation sites (N-methyl/N-ethyl adjacent to an activating group) is 1. The van der Waals surface area contributed by atoms with Gasteiger partial charge in [0, 0.05) is 55.3 Å². The molecule has 0 amide bonds. The smallest absolute Gasteiger partial charge is 0.287 e. The molecule has 10 nitrogen and oxygen atoms in total. The van der Waals surface area contributed by atoms with Gasteiger partial charge in [-0.05, 0) is 43.8 Å². The summed E-state index contributed by atoms with van der Waals surface area (Å²) in [6, 6.07) is 17.5. The van der Waals surface area contributed by atoms with Crippen LogP contribution >= 0.6 is 0 Å². The number of fused-ring (bicyclic) bond motifs is 4. The molecule has 3 aliphatic heterocycles. The molecule has 0 radical (unpaired) electrons. The average Bonchev–Trinajstić information content (AvgIpc) is 3.47. The van der Waals surface area contributed by atoms with Crippen LogP contribution in [0.15, 0.2) is 71.3 Å². The number of para-hydroxylation sites is 1. The lowest BCUT2D eigenvalue weighted by Crippen LogP contribution is -2.38. The van der Waals surface area contributed by atoms with Gasteiger partial charge in [0.25, 0.3) is 5.56 Å². The van der Waals surface area contributed by atoms with Crippen LogP contribution in [0.2, 0.25) is 0 Å². The van der Waals surface area contributed by atoms with Crippen LogP contribution in [0, 0.1) is 6.92 Å². The van der Waals surface area contributed by atoms with Crippen molar-refractivity contribution < 1.29 is 4.79 Å². The molecule has 7 rings (SSSR count). The van der Waals surface area contributed by atoms with Crippen LogP contribution in [-0.2, 0) is 13.1 Å². The Morgan fingerprint density at radius 1 is 0.923 bits per heavy atom. The molecule has 196 valence electrons. The molecule has 0 bridgehead atoms. The number of ketones is 1. The minimum absolute atomic E-state index is 0.0507. The summed E-state index contributed by atoms with van der Waals surface area (Å²) in [7, 11) is 2.08. The minimum atomic E-state index is -0.309.